The Hall–Kier alpha value is -3.42. The van der Waals surface area contributed by atoms with Gasteiger partial charge in [-0.25, -0.2) is 9.97 Å². The molecule has 2 aromatic carbocycles. The first kappa shape index (κ1) is 19.5. The molecule has 1 aliphatic rings. The molecule has 158 valence electrons. The van der Waals surface area contributed by atoms with Crippen LogP contribution >= 0.6 is 0 Å². The minimum absolute atomic E-state index is 0.297. The molecular weight excluding hydrogens is 392 g/mol. The van der Waals surface area contributed by atoms with Crippen LogP contribution in [0.5, 0.6) is 5.75 Å². The van der Waals surface area contributed by atoms with Crippen molar-refractivity contribution < 1.29 is 14.2 Å². The van der Waals surface area contributed by atoms with Crippen LogP contribution in [0.3, 0.4) is 0 Å². The molecule has 0 atom stereocenters. The highest BCUT2D eigenvalue weighted by atomic mass is 16.7. The largest absolute Gasteiger partial charge is 0.488 e. The summed E-state index contributed by atoms with van der Waals surface area (Å²) in [5.74, 6) is 1.65. The standard InChI is InChI=1S/C24H24N4O3/c1-28(14-17-6-3-2-4-7-17)24-20-13-21(27-23(20)25-16-26-24)18-8-5-9-19(12-18)31-15-22-29-10-11-30-22/h2-9,12-13,16,22H,10-11,14-15H2,1H3,(H,25,26,27). The van der Waals surface area contributed by atoms with Gasteiger partial charge in [0.25, 0.3) is 0 Å². The van der Waals surface area contributed by atoms with Gasteiger partial charge in [0, 0.05) is 24.8 Å². The second kappa shape index (κ2) is 8.75. The molecule has 2 aromatic heterocycles. The van der Waals surface area contributed by atoms with Crippen molar-refractivity contribution in [3.05, 3.63) is 72.6 Å². The van der Waals surface area contributed by atoms with Gasteiger partial charge in [-0.15, -0.1) is 0 Å². The fraction of sp³-hybridized carbons (Fsp3) is 0.250. The van der Waals surface area contributed by atoms with Crippen LogP contribution in [0.1, 0.15) is 5.56 Å². The number of aromatic nitrogens is 3. The molecule has 5 rings (SSSR count). The first-order valence-corrected chi connectivity index (χ1v) is 10.3. The van der Waals surface area contributed by atoms with E-state index in [-0.39, 0.29) is 6.29 Å². The third kappa shape index (κ3) is 4.38. The average Bonchev–Trinajstić information content (AvgIpc) is 3.48. The Morgan fingerprint density at radius 2 is 1.87 bits per heavy atom. The molecule has 0 radical (unpaired) electrons. The summed E-state index contributed by atoms with van der Waals surface area (Å²) in [5, 5.41) is 0.981. The van der Waals surface area contributed by atoms with Crippen LogP contribution in [-0.4, -0.2) is 48.1 Å². The molecule has 0 saturated carbocycles. The summed E-state index contributed by atoms with van der Waals surface area (Å²) in [7, 11) is 2.04. The Morgan fingerprint density at radius 3 is 2.71 bits per heavy atom. The van der Waals surface area contributed by atoms with Crippen molar-refractivity contribution in [2.45, 2.75) is 12.8 Å². The summed E-state index contributed by atoms with van der Waals surface area (Å²) < 4.78 is 16.7. The van der Waals surface area contributed by atoms with E-state index in [1.807, 2.05) is 49.5 Å². The number of nitrogens with one attached hydrogen (secondary N) is 1. The van der Waals surface area contributed by atoms with Crippen LogP contribution in [-0.2, 0) is 16.0 Å². The van der Waals surface area contributed by atoms with E-state index >= 15 is 0 Å². The summed E-state index contributed by atoms with van der Waals surface area (Å²) in [6, 6.07) is 20.4. The molecule has 1 fully saturated rings. The summed E-state index contributed by atoms with van der Waals surface area (Å²) in [5.41, 5.74) is 4.01. The highest BCUT2D eigenvalue weighted by molar-refractivity contribution is 5.91. The maximum atomic E-state index is 5.85. The zero-order chi connectivity index (χ0) is 21.0. The lowest BCUT2D eigenvalue weighted by Gasteiger charge is -2.18. The van der Waals surface area contributed by atoms with E-state index in [2.05, 4.69) is 38.1 Å². The van der Waals surface area contributed by atoms with E-state index in [0.29, 0.717) is 19.8 Å². The summed E-state index contributed by atoms with van der Waals surface area (Å²) in [6.07, 6.45) is 1.30. The molecule has 0 aliphatic carbocycles. The molecule has 7 heteroatoms. The summed E-state index contributed by atoms with van der Waals surface area (Å²) >= 11 is 0. The lowest BCUT2D eigenvalue weighted by atomic mass is 10.1. The minimum atomic E-state index is -0.297. The van der Waals surface area contributed by atoms with Gasteiger partial charge in [-0.1, -0.05) is 42.5 Å². The van der Waals surface area contributed by atoms with Crippen LogP contribution in [0, 0.1) is 0 Å². The Balaban J connectivity index is 1.38. The molecule has 1 aliphatic heterocycles. The maximum absolute atomic E-state index is 5.85. The third-order valence-corrected chi connectivity index (χ3v) is 5.25. The second-order valence-corrected chi connectivity index (χ2v) is 7.49. The smallest absolute Gasteiger partial charge is 0.191 e. The van der Waals surface area contributed by atoms with Crippen molar-refractivity contribution in [3.8, 4) is 17.0 Å². The van der Waals surface area contributed by atoms with Crippen LogP contribution in [0.25, 0.3) is 22.3 Å². The van der Waals surface area contributed by atoms with Crippen molar-refractivity contribution in [1.82, 2.24) is 15.0 Å². The third-order valence-electron chi connectivity index (χ3n) is 5.25. The van der Waals surface area contributed by atoms with Crippen molar-refractivity contribution in [1.29, 1.82) is 0 Å². The highest BCUT2D eigenvalue weighted by Gasteiger charge is 2.17. The minimum Gasteiger partial charge on any atom is -0.488 e. The number of anilines is 1. The van der Waals surface area contributed by atoms with Crippen LogP contribution < -0.4 is 9.64 Å². The normalized spacial score (nSPS) is 14.2. The monoisotopic (exact) mass is 416 g/mol. The molecular formula is C24H24N4O3. The lowest BCUT2D eigenvalue weighted by Crippen LogP contribution is -2.18. The molecule has 1 N–H and O–H groups in total. The Labute approximate surface area is 180 Å². The number of hydrogen-bond acceptors (Lipinski definition) is 6. The van der Waals surface area contributed by atoms with Crippen LogP contribution in [0.4, 0.5) is 5.82 Å². The van der Waals surface area contributed by atoms with Gasteiger partial charge >= 0.3 is 0 Å². The van der Waals surface area contributed by atoms with E-state index < -0.39 is 0 Å². The number of rotatable bonds is 7. The molecule has 3 heterocycles. The van der Waals surface area contributed by atoms with Gasteiger partial charge in [0.2, 0.25) is 0 Å². The van der Waals surface area contributed by atoms with E-state index in [4.69, 9.17) is 14.2 Å². The maximum Gasteiger partial charge on any atom is 0.191 e. The Bertz CT molecular complexity index is 1160. The molecule has 1 saturated heterocycles. The van der Waals surface area contributed by atoms with E-state index in [9.17, 15) is 0 Å². The predicted octanol–water partition coefficient (Wildman–Crippen LogP) is 4.01. The molecule has 31 heavy (non-hydrogen) atoms. The molecule has 0 amide bonds. The number of hydrogen-bond donors (Lipinski definition) is 1. The van der Waals surface area contributed by atoms with Crippen LogP contribution in [0.2, 0.25) is 0 Å². The van der Waals surface area contributed by atoms with Gasteiger partial charge in [-0.3, -0.25) is 0 Å². The van der Waals surface area contributed by atoms with Gasteiger partial charge in [0.1, 0.15) is 30.1 Å². The number of H-pyrrole nitrogens is 1. The van der Waals surface area contributed by atoms with Crippen molar-refractivity contribution >= 4 is 16.9 Å². The number of benzene rings is 2. The zero-order valence-electron chi connectivity index (χ0n) is 17.3. The summed E-state index contributed by atoms with van der Waals surface area (Å²) in [6.45, 7) is 2.37. The van der Waals surface area contributed by atoms with Gasteiger partial charge in [0.05, 0.1) is 18.6 Å². The molecule has 0 unspecified atom stereocenters. The molecule has 0 bridgehead atoms. The first-order valence-electron chi connectivity index (χ1n) is 10.3. The predicted molar refractivity (Wildman–Crippen MR) is 119 cm³/mol. The van der Waals surface area contributed by atoms with Gasteiger partial charge in [0.15, 0.2) is 6.29 Å². The fourth-order valence-corrected chi connectivity index (χ4v) is 3.74. The molecule has 0 spiro atoms. The molecule has 7 nitrogen and oxygen atoms in total. The number of ether oxygens (including phenoxy) is 3. The first-order chi connectivity index (χ1) is 15.3. The Kier molecular flexibility index (Phi) is 5.52. The highest BCUT2D eigenvalue weighted by Crippen LogP contribution is 2.30. The van der Waals surface area contributed by atoms with Gasteiger partial charge < -0.3 is 24.1 Å². The molecule has 4 aromatic rings. The number of fused-ring (bicyclic) bond motifs is 1. The lowest BCUT2D eigenvalue weighted by molar-refractivity contribution is -0.0684. The summed E-state index contributed by atoms with van der Waals surface area (Å²) in [4.78, 5) is 14.5. The van der Waals surface area contributed by atoms with Crippen LogP contribution in [0.15, 0.2) is 67.0 Å². The van der Waals surface area contributed by atoms with E-state index in [1.54, 1.807) is 6.33 Å². The SMILES string of the molecule is CN(Cc1ccccc1)c1ncnc2[nH]c(-c3cccc(OCC4OCCO4)c3)cc12. The van der Waals surface area contributed by atoms with Crippen molar-refractivity contribution in [2.24, 2.45) is 0 Å². The number of aromatic amines is 1. The van der Waals surface area contributed by atoms with Crippen molar-refractivity contribution in [2.75, 3.05) is 31.8 Å². The fourth-order valence-electron chi connectivity index (χ4n) is 3.74. The van der Waals surface area contributed by atoms with E-state index in [0.717, 1.165) is 40.4 Å². The quantitative estimate of drug-likeness (QED) is 0.491. The van der Waals surface area contributed by atoms with Gasteiger partial charge in [-0.05, 0) is 23.8 Å². The second-order valence-electron chi connectivity index (χ2n) is 7.49. The van der Waals surface area contributed by atoms with E-state index in [1.165, 1.54) is 5.56 Å². The Morgan fingerprint density at radius 1 is 1.03 bits per heavy atom. The topological polar surface area (TPSA) is 72.5 Å². The zero-order valence-corrected chi connectivity index (χ0v) is 17.3. The number of nitrogens with zero attached hydrogens (tertiary/aromatic N) is 3. The van der Waals surface area contributed by atoms with Gasteiger partial charge in [-0.2, -0.15) is 0 Å². The van der Waals surface area contributed by atoms with Crippen molar-refractivity contribution in [3.63, 3.8) is 0 Å². The average molecular weight is 416 g/mol.